The second kappa shape index (κ2) is 7.62. The molecule has 2 aromatic rings. The van der Waals surface area contributed by atoms with Gasteiger partial charge >= 0.3 is 0 Å². The molecule has 23 heavy (non-hydrogen) atoms. The van der Waals surface area contributed by atoms with Crippen LogP contribution in [0.15, 0.2) is 24.3 Å². The quantitative estimate of drug-likeness (QED) is 0.876. The first kappa shape index (κ1) is 17.5. The van der Waals surface area contributed by atoms with Crippen LogP contribution in [0.1, 0.15) is 30.0 Å². The second-order valence-electron chi connectivity index (χ2n) is 4.92. The van der Waals surface area contributed by atoms with Gasteiger partial charge in [-0.2, -0.15) is 0 Å². The van der Waals surface area contributed by atoms with Crippen LogP contribution in [0, 0.1) is 6.92 Å². The molecule has 1 amide bonds. The van der Waals surface area contributed by atoms with Crippen molar-refractivity contribution in [3.05, 3.63) is 45.7 Å². The van der Waals surface area contributed by atoms with Gasteiger partial charge < -0.3 is 10.2 Å². The van der Waals surface area contributed by atoms with Crippen LogP contribution in [-0.4, -0.2) is 29.0 Å². The molecule has 0 radical (unpaired) electrons. The highest BCUT2D eigenvalue weighted by atomic mass is 35.5. The minimum absolute atomic E-state index is 0.287. The number of nitrogens with zero attached hydrogens (tertiary/aromatic N) is 3. The molecule has 1 N–H and O–H groups in total. The first-order valence-corrected chi connectivity index (χ1v) is 8.07. The number of hydrogen-bond acceptors (Lipinski definition) is 4. The predicted octanol–water partition coefficient (Wildman–Crippen LogP) is 4.19. The summed E-state index contributed by atoms with van der Waals surface area (Å²) in [6, 6.07) is 6.70. The molecule has 0 saturated heterocycles. The number of benzene rings is 1. The lowest BCUT2D eigenvalue weighted by atomic mass is 10.2. The van der Waals surface area contributed by atoms with E-state index in [1.165, 1.54) is 0 Å². The van der Waals surface area contributed by atoms with Gasteiger partial charge in [0.2, 0.25) is 5.95 Å². The standard InChI is InChI=1S/C16H18Cl2N4O/c1-4-22(5-2)16-19-10(3)9-13(21-16)15(23)20-12-8-6-7-11(17)14(12)18/h6-9H,4-5H2,1-3H3,(H,20,23). The molecular weight excluding hydrogens is 335 g/mol. The van der Waals surface area contributed by atoms with E-state index in [1.807, 2.05) is 25.7 Å². The molecule has 0 aliphatic rings. The van der Waals surface area contributed by atoms with E-state index in [0.717, 1.165) is 18.8 Å². The van der Waals surface area contributed by atoms with Crippen molar-refractivity contribution in [2.45, 2.75) is 20.8 Å². The number of aromatic nitrogens is 2. The Labute approximate surface area is 145 Å². The third-order valence-electron chi connectivity index (χ3n) is 3.32. The van der Waals surface area contributed by atoms with Gasteiger partial charge in [-0.15, -0.1) is 0 Å². The Morgan fingerprint density at radius 2 is 1.91 bits per heavy atom. The van der Waals surface area contributed by atoms with E-state index in [0.29, 0.717) is 21.7 Å². The number of rotatable bonds is 5. The van der Waals surface area contributed by atoms with E-state index < -0.39 is 0 Å². The zero-order chi connectivity index (χ0) is 17.0. The predicted molar refractivity (Wildman–Crippen MR) is 94.7 cm³/mol. The molecule has 0 saturated carbocycles. The van der Waals surface area contributed by atoms with Crippen molar-refractivity contribution in [2.75, 3.05) is 23.3 Å². The first-order chi connectivity index (χ1) is 11.0. The molecule has 0 atom stereocenters. The van der Waals surface area contributed by atoms with Gasteiger partial charge in [0.05, 0.1) is 15.7 Å². The smallest absolute Gasteiger partial charge is 0.274 e. The van der Waals surface area contributed by atoms with Gasteiger partial charge in [0.1, 0.15) is 5.69 Å². The summed E-state index contributed by atoms with van der Waals surface area (Å²) in [5.74, 6) is 0.186. The monoisotopic (exact) mass is 352 g/mol. The molecule has 1 aromatic heterocycles. The zero-order valence-electron chi connectivity index (χ0n) is 13.2. The lowest BCUT2D eigenvalue weighted by Gasteiger charge is -2.19. The number of nitrogens with one attached hydrogen (secondary N) is 1. The molecular formula is C16H18Cl2N4O. The van der Waals surface area contributed by atoms with Crippen molar-refractivity contribution < 1.29 is 4.79 Å². The number of carbonyl (C=O) groups is 1. The molecule has 7 heteroatoms. The van der Waals surface area contributed by atoms with Crippen LogP contribution >= 0.6 is 23.2 Å². The lowest BCUT2D eigenvalue weighted by molar-refractivity contribution is 0.102. The number of aryl methyl sites for hydroxylation is 1. The van der Waals surface area contributed by atoms with Crippen molar-refractivity contribution in [2.24, 2.45) is 0 Å². The zero-order valence-corrected chi connectivity index (χ0v) is 14.7. The largest absolute Gasteiger partial charge is 0.341 e. The lowest BCUT2D eigenvalue weighted by Crippen LogP contribution is -2.26. The van der Waals surface area contributed by atoms with E-state index in [1.54, 1.807) is 24.3 Å². The van der Waals surface area contributed by atoms with Crippen LogP contribution in [-0.2, 0) is 0 Å². The second-order valence-corrected chi connectivity index (χ2v) is 5.71. The fraction of sp³-hybridized carbons (Fsp3) is 0.312. The molecule has 5 nitrogen and oxygen atoms in total. The summed E-state index contributed by atoms with van der Waals surface area (Å²) in [6.07, 6.45) is 0. The van der Waals surface area contributed by atoms with Gasteiger partial charge in [-0.25, -0.2) is 9.97 Å². The molecule has 0 aliphatic heterocycles. The Hall–Kier alpha value is -1.85. The van der Waals surface area contributed by atoms with Crippen LogP contribution in [0.25, 0.3) is 0 Å². The Bertz CT molecular complexity index is 717. The Morgan fingerprint density at radius 3 is 2.57 bits per heavy atom. The van der Waals surface area contributed by atoms with E-state index in [-0.39, 0.29) is 11.6 Å². The van der Waals surface area contributed by atoms with Crippen LogP contribution in [0.4, 0.5) is 11.6 Å². The summed E-state index contributed by atoms with van der Waals surface area (Å²) in [4.78, 5) is 23.2. The van der Waals surface area contributed by atoms with Crippen LogP contribution < -0.4 is 10.2 Å². The summed E-state index contributed by atoms with van der Waals surface area (Å²) < 4.78 is 0. The van der Waals surface area contributed by atoms with Crippen molar-refractivity contribution >= 4 is 40.7 Å². The first-order valence-electron chi connectivity index (χ1n) is 7.32. The van der Waals surface area contributed by atoms with E-state index >= 15 is 0 Å². The van der Waals surface area contributed by atoms with Crippen molar-refractivity contribution in [3.63, 3.8) is 0 Å². The van der Waals surface area contributed by atoms with Crippen molar-refractivity contribution in [1.29, 1.82) is 0 Å². The minimum Gasteiger partial charge on any atom is -0.341 e. The molecule has 2 rings (SSSR count). The maximum absolute atomic E-state index is 12.5. The number of amides is 1. The third-order valence-corrected chi connectivity index (χ3v) is 4.14. The van der Waals surface area contributed by atoms with E-state index in [2.05, 4.69) is 15.3 Å². The maximum atomic E-state index is 12.5. The van der Waals surface area contributed by atoms with Crippen molar-refractivity contribution in [1.82, 2.24) is 9.97 Å². The molecule has 1 aromatic carbocycles. The number of anilines is 2. The average Bonchev–Trinajstić information content (AvgIpc) is 2.52. The van der Waals surface area contributed by atoms with Gasteiger partial charge in [-0.3, -0.25) is 4.79 Å². The van der Waals surface area contributed by atoms with Crippen molar-refractivity contribution in [3.8, 4) is 0 Å². The summed E-state index contributed by atoms with van der Waals surface area (Å²) >= 11 is 12.1. The molecule has 0 unspecified atom stereocenters. The Balaban J connectivity index is 2.30. The molecule has 0 fully saturated rings. The fourth-order valence-electron chi connectivity index (χ4n) is 2.10. The van der Waals surface area contributed by atoms with Gasteiger partial charge in [-0.1, -0.05) is 29.3 Å². The number of carbonyl (C=O) groups excluding carboxylic acids is 1. The molecule has 1 heterocycles. The highest BCUT2D eigenvalue weighted by molar-refractivity contribution is 6.44. The third kappa shape index (κ3) is 4.12. The van der Waals surface area contributed by atoms with Gasteiger partial charge in [0.15, 0.2) is 0 Å². The van der Waals surface area contributed by atoms with Crippen LogP contribution in [0.2, 0.25) is 10.0 Å². The highest BCUT2D eigenvalue weighted by Crippen LogP contribution is 2.29. The van der Waals surface area contributed by atoms with E-state index in [9.17, 15) is 4.79 Å². The molecule has 0 spiro atoms. The van der Waals surface area contributed by atoms with Crippen LogP contribution in [0.3, 0.4) is 0 Å². The van der Waals surface area contributed by atoms with Crippen LogP contribution in [0.5, 0.6) is 0 Å². The van der Waals surface area contributed by atoms with E-state index in [4.69, 9.17) is 23.2 Å². The summed E-state index contributed by atoms with van der Waals surface area (Å²) in [7, 11) is 0. The number of hydrogen-bond donors (Lipinski definition) is 1. The summed E-state index contributed by atoms with van der Waals surface area (Å²) in [5, 5.41) is 3.42. The normalized spacial score (nSPS) is 10.5. The Morgan fingerprint density at radius 1 is 1.22 bits per heavy atom. The minimum atomic E-state index is -0.354. The van der Waals surface area contributed by atoms with Gasteiger partial charge in [0.25, 0.3) is 5.91 Å². The molecule has 0 bridgehead atoms. The highest BCUT2D eigenvalue weighted by Gasteiger charge is 2.15. The molecule has 0 aliphatic carbocycles. The summed E-state index contributed by atoms with van der Waals surface area (Å²) in [5.41, 5.74) is 1.46. The topological polar surface area (TPSA) is 58.1 Å². The maximum Gasteiger partial charge on any atom is 0.274 e. The molecule has 122 valence electrons. The Kier molecular flexibility index (Phi) is 5.80. The average molecular weight is 353 g/mol. The van der Waals surface area contributed by atoms with Gasteiger partial charge in [-0.05, 0) is 39.0 Å². The number of halogens is 2. The van der Waals surface area contributed by atoms with Gasteiger partial charge in [0, 0.05) is 18.8 Å². The fourth-order valence-corrected chi connectivity index (χ4v) is 2.45. The summed E-state index contributed by atoms with van der Waals surface area (Å²) in [6.45, 7) is 7.39. The SMILES string of the molecule is CCN(CC)c1nc(C)cc(C(=O)Nc2cccc(Cl)c2Cl)n1.